The van der Waals surface area contributed by atoms with E-state index in [0.717, 1.165) is 36.5 Å². The van der Waals surface area contributed by atoms with Crippen molar-refractivity contribution in [3.63, 3.8) is 0 Å². The van der Waals surface area contributed by atoms with Crippen molar-refractivity contribution in [2.75, 3.05) is 26.2 Å². The molecule has 4 heteroatoms. The Labute approximate surface area is 121 Å². The van der Waals surface area contributed by atoms with Gasteiger partial charge >= 0.3 is 0 Å². The topological polar surface area (TPSA) is 41.6 Å². The Bertz CT molecular complexity index is 476. The number of aryl methyl sites for hydroxylation is 3. The van der Waals surface area contributed by atoms with Crippen LogP contribution in [0.3, 0.4) is 0 Å². The van der Waals surface area contributed by atoms with Crippen molar-refractivity contribution < 1.29 is 9.53 Å². The van der Waals surface area contributed by atoms with Crippen molar-refractivity contribution in [3.05, 3.63) is 28.8 Å². The van der Waals surface area contributed by atoms with Crippen molar-refractivity contribution in [1.82, 2.24) is 10.2 Å². The first-order valence-electron chi connectivity index (χ1n) is 7.19. The molecule has 4 nitrogen and oxygen atoms in total. The Hall–Kier alpha value is -1.55. The van der Waals surface area contributed by atoms with Gasteiger partial charge in [-0.05, 0) is 38.8 Å². The summed E-state index contributed by atoms with van der Waals surface area (Å²) in [7, 11) is 0. The Morgan fingerprint density at radius 3 is 2.60 bits per heavy atom. The number of hydrogen-bond donors (Lipinski definition) is 1. The SMILES string of the molecule is Cc1cc(C)c(OCC(=O)N2CCNC(C)C2)c(C)c1. The molecule has 1 aliphatic rings. The van der Waals surface area contributed by atoms with Gasteiger partial charge in [0.2, 0.25) is 0 Å². The van der Waals surface area contributed by atoms with Gasteiger partial charge in [-0.3, -0.25) is 4.79 Å². The number of amides is 1. The van der Waals surface area contributed by atoms with E-state index >= 15 is 0 Å². The molecule has 1 aliphatic heterocycles. The first kappa shape index (κ1) is 14.9. The fraction of sp³-hybridized carbons (Fsp3) is 0.562. The molecule has 0 radical (unpaired) electrons. The van der Waals surface area contributed by atoms with E-state index in [0.29, 0.717) is 6.04 Å². The molecule has 0 aromatic heterocycles. The van der Waals surface area contributed by atoms with Crippen LogP contribution in [0.15, 0.2) is 12.1 Å². The second-order valence-electron chi connectivity index (χ2n) is 5.71. The predicted octanol–water partition coefficient (Wildman–Crippen LogP) is 1.81. The van der Waals surface area contributed by atoms with Crippen molar-refractivity contribution in [3.8, 4) is 5.75 Å². The summed E-state index contributed by atoms with van der Waals surface area (Å²) in [6.45, 7) is 10.7. The van der Waals surface area contributed by atoms with Gasteiger partial charge in [-0.1, -0.05) is 17.7 Å². The third-order valence-electron chi connectivity index (χ3n) is 3.67. The van der Waals surface area contributed by atoms with E-state index in [9.17, 15) is 4.79 Å². The Morgan fingerprint density at radius 1 is 1.35 bits per heavy atom. The lowest BCUT2D eigenvalue weighted by Gasteiger charge is -2.31. The summed E-state index contributed by atoms with van der Waals surface area (Å²) in [4.78, 5) is 14.1. The standard InChI is InChI=1S/C16H24N2O2/c1-11-7-12(2)16(13(3)8-11)20-10-15(19)18-6-5-17-14(4)9-18/h7-8,14,17H,5-6,9-10H2,1-4H3. The third-order valence-corrected chi connectivity index (χ3v) is 3.67. The highest BCUT2D eigenvalue weighted by atomic mass is 16.5. The molecule has 1 unspecified atom stereocenters. The lowest BCUT2D eigenvalue weighted by molar-refractivity contribution is -0.134. The molecule has 0 bridgehead atoms. The van der Waals surface area contributed by atoms with Crippen molar-refractivity contribution in [2.24, 2.45) is 0 Å². The minimum absolute atomic E-state index is 0.0673. The van der Waals surface area contributed by atoms with Gasteiger partial charge < -0.3 is 15.0 Å². The maximum absolute atomic E-state index is 12.2. The van der Waals surface area contributed by atoms with Crippen LogP contribution < -0.4 is 10.1 Å². The first-order chi connectivity index (χ1) is 9.47. The molecule has 0 saturated carbocycles. The van der Waals surface area contributed by atoms with Gasteiger partial charge in [0.15, 0.2) is 6.61 Å². The maximum Gasteiger partial charge on any atom is 0.260 e. The number of carbonyl (C=O) groups excluding carboxylic acids is 1. The Morgan fingerprint density at radius 2 is 2.00 bits per heavy atom. The molecule has 1 fully saturated rings. The molecule has 0 spiro atoms. The molecule has 1 saturated heterocycles. The zero-order valence-corrected chi connectivity index (χ0v) is 12.8. The number of piperazine rings is 1. The molecule has 1 heterocycles. The molecule has 0 aliphatic carbocycles. The van der Waals surface area contributed by atoms with Gasteiger partial charge in [0.05, 0.1) is 0 Å². The highest BCUT2D eigenvalue weighted by molar-refractivity contribution is 5.78. The number of ether oxygens (including phenoxy) is 1. The predicted molar refractivity (Wildman–Crippen MR) is 80.2 cm³/mol. The van der Waals surface area contributed by atoms with E-state index in [1.807, 2.05) is 18.7 Å². The highest BCUT2D eigenvalue weighted by Crippen LogP contribution is 2.24. The third kappa shape index (κ3) is 3.51. The van der Waals surface area contributed by atoms with Gasteiger partial charge in [-0.2, -0.15) is 0 Å². The van der Waals surface area contributed by atoms with Crippen LogP contribution in [0.2, 0.25) is 0 Å². The number of benzene rings is 1. The summed E-state index contributed by atoms with van der Waals surface area (Å²) in [6.07, 6.45) is 0. The van der Waals surface area contributed by atoms with E-state index in [4.69, 9.17) is 4.74 Å². The van der Waals surface area contributed by atoms with Crippen molar-refractivity contribution in [1.29, 1.82) is 0 Å². The van der Waals surface area contributed by atoms with Gasteiger partial charge in [0.1, 0.15) is 5.75 Å². The lowest BCUT2D eigenvalue weighted by Crippen LogP contribution is -2.52. The van der Waals surface area contributed by atoms with E-state index < -0.39 is 0 Å². The van der Waals surface area contributed by atoms with E-state index in [2.05, 4.69) is 31.3 Å². The Kier molecular flexibility index (Phi) is 4.65. The first-order valence-corrected chi connectivity index (χ1v) is 7.19. The molecule has 1 amide bonds. The van der Waals surface area contributed by atoms with Gasteiger partial charge in [0, 0.05) is 25.7 Å². The highest BCUT2D eigenvalue weighted by Gasteiger charge is 2.21. The molecular formula is C16H24N2O2. The van der Waals surface area contributed by atoms with Crippen LogP contribution >= 0.6 is 0 Å². The van der Waals surface area contributed by atoms with E-state index in [-0.39, 0.29) is 12.5 Å². The summed E-state index contributed by atoms with van der Waals surface area (Å²) in [5.74, 6) is 0.907. The van der Waals surface area contributed by atoms with Crippen LogP contribution in [0, 0.1) is 20.8 Å². The molecule has 2 rings (SSSR count). The van der Waals surface area contributed by atoms with Gasteiger partial charge in [-0.25, -0.2) is 0 Å². The summed E-state index contributed by atoms with van der Waals surface area (Å²) in [5.41, 5.74) is 3.39. The number of rotatable bonds is 3. The summed E-state index contributed by atoms with van der Waals surface area (Å²) >= 11 is 0. The fourth-order valence-electron chi connectivity index (χ4n) is 2.78. The van der Waals surface area contributed by atoms with Crippen LogP contribution in [0.5, 0.6) is 5.75 Å². The zero-order chi connectivity index (χ0) is 14.7. The van der Waals surface area contributed by atoms with Crippen LogP contribution in [0.25, 0.3) is 0 Å². The van der Waals surface area contributed by atoms with Crippen LogP contribution in [-0.2, 0) is 4.79 Å². The maximum atomic E-state index is 12.2. The van der Waals surface area contributed by atoms with Crippen molar-refractivity contribution in [2.45, 2.75) is 33.7 Å². The summed E-state index contributed by atoms with van der Waals surface area (Å²) in [5, 5.41) is 3.33. The monoisotopic (exact) mass is 276 g/mol. The normalized spacial score (nSPS) is 19.0. The fourth-order valence-corrected chi connectivity index (χ4v) is 2.78. The lowest BCUT2D eigenvalue weighted by atomic mass is 10.1. The zero-order valence-electron chi connectivity index (χ0n) is 12.8. The molecular weight excluding hydrogens is 252 g/mol. The minimum Gasteiger partial charge on any atom is -0.483 e. The van der Waals surface area contributed by atoms with Gasteiger partial charge in [-0.15, -0.1) is 0 Å². The van der Waals surface area contributed by atoms with Crippen LogP contribution in [0.4, 0.5) is 0 Å². The second-order valence-corrected chi connectivity index (χ2v) is 5.71. The van der Waals surface area contributed by atoms with E-state index in [1.54, 1.807) is 0 Å². The second kappa shape index (κ2) is 6.27. The molecule has 1 aromatic carbocycles. The summed E-state index contributed by atoms with van der Waals surface area (Å²) < 4.78 is 5.76. The molecule has 110 valence electrons. The quantitative estimate of drug-likeness (QED) is 0.915. The Balaban J connectivity index is 1.96. The minimum atomic E-state index is 0.0673. The molecule has 1 aromatic rings. The molecule has 1 N–H and O–H groups in total. The number of hydrogen-bond acceptors (Lipinski definition) is 3. The molecule has 20 heavy (non-hydrogen) atoms. The number of nitrogens with zero attached hydrogens (tertiary/aromatic N) is 1. The van der Waals surface area contributed by atoms with Crippen LogP contribution in [0.1, 0.15) is 23.6 Å². The summed E-state index contributed by atoms with van der Waals surface area (Å²) in [6, 6.07) is 4.52. The van der Waals surface area contributed by atoms with Gasteiger partial charge in [0.25, 0.3) is 5.91 Å². The average Bonchev–Trinajstić information content (AvgIpc) is 2.37. The largest absolute Gasteiger partial charge is 0.483 e. The van der Waals surface area contributed by atoms with E-state index in [1.165, 1.54) is 5.56 Å². The smallest absolute Gasteiger partial charge is 0.260 e. The number of nitrogens with one attached hydrogen (secondary N) is 1. The average molecular weight is 276 g/mol. The number of carbonyl (C=O) groups is 1. The van der Waals surface area contributed by atoms with Crippen LogP contribution in [-0.4, -0.2) is 43.1 Å². The van der Waals surface area contributed by atoms with Crippen molar-refractivity contribution >= 4 is 5.91 Å². The molecule has 1 atom stereocenters.